The molecule has 2 aromatic heterocycles. The van der Waals surface area contributed by atoms with E-state index in [0.717, 1.165) is 22.8 Å². The lowest BCUT2D eigenvalue weighted by molar-refractivity contribution is 0.0775. The first-order chi connectivity index (χ1) is 14.7. The fourth-order valence-electron chi connectivity index (χ4n) is 3.15. The predicted molar refractivity (Wildman–Crippen MR) is 114 cm³/mol. The van der Waals surface area contributed by atoms with Crippen molar-refractivity contribution in [2.24, 2.45) is 0 Å². The Kier molecular flexibility index (Phi) is 5.61. The molecule has 152 valence electrons. The van der Waals surface area contributed by atoms with Crippen LogP contribution in [0.15, 0.2) is 73.1 Å². The van der Waals surface area contributed by atoms with E-state index in [1.807, 2.05) is 60.7 Å². The van der Waals surface area contributed by atoms with Gasteiger partial charge in [0.1, 0.15) is 23.7 Å². The summed E-state index contributed by atoms with van der Waals surface area (Å²) in [6.45, 7) is 0.803. The van der Waals surface area contributed by atoms with Crippen LogP contribution in [0.25, 0.3) is 16.9 Å². The van der Waals surface area contributed by atoms with Crippen molar-refractivity contribution < 1.29 is 14.3 Å². The molecule has 0 saturated carbocycles. The molecule has 4 rings (SSSR count). The molecule has 30 heavy (non-hydrogen) atoms. The van der Waals surface area contributed by atoms with Crippen LogP contribution in [0.2, 0.25) is 0 Å². The highest BCUT2D eigenvalue weighted by atomic mass is 16.5. The van der Waals surface area contributed by atoms with Gasteiger partial charge in [-0.3, -0.25) is 4.79 Å². The van der Waals surface area contributed by atoms with Crippen molar-refractivity contribution in [1.29, 1.82) is 0 Å². The number of carbonyl (C=O) groups is 1. The van der Waals surface area contributed by atoms with Gasteiger partial charge in [0.25, 0.3) is 5.91 Å². The van der Waals surface area contributed by atoms with Crippen molar-refractivity contribution >= 4 is 11.6 Å². The number of amides is 1. The average molecular weight is 402 g/mol. The van der Waals surface area contributed by atoms with Crippen LogP contribution in [0.5, 0.6) is 11.5 Å². The lowest BCUT2D eigenvalue weighted by Crippen LogP contribution is -2.30. The largest absolute Gasteiger partial charge is 0.497 e. The van der Waals surface area contributed by atoms with Gasteiger partial charge in [-0.2, -0.15) is 5.10 Å². The smallest absolute Gasteiger partial charge is 0.259 e. The lowest BCUT2D eigenvalue weighted by Gasteiger charge is -2.17. The Bertz CT molecular complexity index is 1140. The summed E-state index contributed by atoms with van der Waals surface area (Å²) in [5.74, 6) is 1.34. The van der Waals surface area contributed by atoms with E-state index in [1.54, 1.807) is 36.0 Å². The number of benzene rings is 2. The summed E-state index contributed by atoms with van der Waals surface area (Å²) in [6, 6.07) is 19.1. The Hall–Kier alpha value is -3.87. The lowest BCUT2D eigenvalue weighted by atomic mass is 10.1. The van der Waals surface area contributed by atoms with E-state index in [-0.39, 0.29) is 5.91 Å². The van der Waals surface area contributed by atoms with Crippen LogP contribution in [0.1, 0.15) is 10.4 Å². The van der Waals surface area contributed by atoms with Gasteiger partial charge in [-0.25, -0.2) is 9.50 Å². The molecule has 0 spiro atoms. The van der Waals surface area contributed by atoms with Crippen LogP contribution in [-0.2, 0) is 0 Å². The molecule has 7 nitrogen and oxygen atoms in total. The molecular weight excluding hydrogens is 380 g/mol. The molecule has 7 heteroatoms. The SMILES string of the molecule is COc1ccc(OCCN(C)C(=O)c2cnn3c(-c4ccccc4)ccnc23)cc1. The van der Waals surface area contributed by atoms with E-state index in [1.165, 1.54) is 0 Å². The van der Waals surface area contributed by atoms with Gasteiger partial charge in [0, 0.05) is 18.8 Å². The molecular formula is C23H22N4O3. The zero-order chi connectivity index (χ0) is 20.9. The van der Waals surface area contributed by atoms with Gasteiger partial charge in [0.2, 0.25) is 0 Å². The molecule has 0 fully saturated rings. The third kappa shape index (κ3) is 3.96. The molecule has 1 amide bonds. The topological polar surface area (TPSA) is 69.0 Å². The van der Waals surface area contributed by atoms with Crippen molar-refractivity contribution in [3.63, 3.8) is 0 Å². The number of hydrogen-bond acceptors (Lipinski definition) is 5. The first-order valence-corrected chi connectivity index (χ1v) is 9.58. The molecule has 0 saturated heterocycles. The number of hydrogen-bond donors (Lipinski definition) is 0. The Labute approximate surface area is 174 Å². The number of rotatable bonds is 7. The van der Waals surface area contributed by atoms with Gasteiger partial charge >= 0.3 is 0 Å². The summed E-state index contributed by atoms with van der Waals surface area (Å²) in [7, 11) is 3.36. The summed E-state index contributed by atoms with van der Waals surface area (Å²) < 4.78 is 12.6. The van der Waals surface area contributed by atoms with E-state index in [0.29, 0.717) is 24.4 Å². The molecule has 2 heterocycles. The van der Waals surface area contributed by atoms with Crippen LogP contribution in [0, 0.1) is 0 Å². The van der Waals surface area contributed by atoms with Crippen molar-refractivity contribution in [2.75, 3.05) is 27.3 Å². The Morgan fingerprint density at radius 2 is 1.77 bits per heavy atom. The number of fused-ring (bicyclic) bond motifs is 1. The Balaban J connectivity index is 1.46. The summed E-state index contributed by atoms with van der Waals surface area (Å²) in [4.78, 5) is 18.9. The number of ether oxygens (including phenoxy) is 2. The summed E-state index contributed by atoms with van der Waals surface area (Å²) in [6.07, 6.45) is 3.26. The van der Waals surface area contributed by atoms with Gasteiger partial charge in [-0.05, 0) is 30.3 Å². The molecule has 0 unspecified atom stereocenters. The maximum absolute atomic E-state index is 13.0. The van der Waals surface area contributed by atoms with Crippen LogP contribution in [0.4, 0.5) is 0 Å². The number of methoxy groups -OCH3 is 1. The highest BCUT2D eigenvalue weighted by molar-refractivity contribution is 5.99. The predicted octanol–water partition coefficient (Wildman–Crippen LogP) is 3.56. The summed E-state index contributed by atoms with van der Waals surface area (Å²) in [5.41, 5.74) is 2.88. The first-order valence-electron chi connectivity index (χ1n) is 9.58. The maximum atomic E-state index is 13.0. The van der Waals surface area contributed by atoms with Crippen LogP contribution in [-0.4, -0.2) is 52.7 Å². The normalized spacial score (nSPS) is 10.7. The quantitative estimate of drug-likeness (QED) is 0.473. The fourth-order valence-corrected chi connectivity index (χ4v) is 3.15. The molecule has 0 atom stereocenters. The minimum Gasteiger partial charge on any atom is -0.497 e. The number of likely N-dealkylation sites (N-methyl/N-ethyl adjacent to an activating group) is 1. The molecule has 2 aromatic carbocycles. The second-order valence-electron chi connectivity index (χ2n) is 6.74. The molecule has 4 aromatic rings. The third-order valence-electron chi connectivity index (χ3n) is 4.80. The van der Waals surface area contributed by atoms with Gasteiger partial charge < -0.3 is 14.4 Å². The Morgan fingerprint density at radius 3 is 2.50 bits per heavy atom. The van der Waals surface area contributed by atoms with Crippen molar-refractivity contribution in [3.8, 4) is 22.8 Å². The minimum absolute atomic E-state index is 0.152. The maximum Gasteiger partial charge on any atom is 0.259 e. The zero-order valence-corrected chi connectivity index (χ0v) is 16.9. The fraction of sp³-hybridized carbons (Fsp3) is 0.174. The van der Waals surface area contributed by atoms with E-state index < -0.39 is 0 Å². The Morgan fingerprint density at radius 1 is 1.03 bits per heavy atom. The second kappa shape index (κ2) is 8.65. The standard InChI is InChI=1S/C23H22N4O3/c1-26(14-15-30-19-10-8-18(29-2)9-11-19)23(28)20-16-25-27-21(12-13-24-22(20)27)17-6-4-3-5-7-17/h3-13,16H,14-15H2,1-2H3. The van der Waals surface area contributed by atoms with E-state index in [4.69, 9.17) is 9.47 Å². The number of carbonyl (C=O) groups excluding carboxylic acids is 1. The molecule has 0 radical (unpaired) electrons. The molecule has 0 aliphatic rings. The van der Waals surface area contributed by atoms with E-state index in [2.05, 4.69) is 10.1 Å². The second-order valence-corrected chi connectivity index (χ2v) is 6.74. The summed E-state index contributed by atoms with van der Waals surface area (Å²) in [5, 5.41) is 4.41. The van der Waals surface area contributed by atoms with Crippen molar-refractivity contribution in [2.45, 2.75) is 0 Å². The highest BCUT2D eigenvalue weighted by Gasteiger charge is 2.19. The number of nitrogens with zero attached hydrogens (tertiary/aromatic N) is 4. The zero-order valence-electron chi connectivity index (χ0n) is 16.9. The monoisotopic (exact) mass is 402 g/mol. The van der Waals surface area contributed by atoms with Crippen molar-refractivity contribution in [3.05, 3.63) is 78.6 Å². The minimum atomic E-state index is -0.152. The van der Waals surface area contributed by atoms with Crippen LogP contribution in [0.3, 0.4) is 0 Å². The van der Waals surface area contributed by atoms with Crippen LogP contribution >= 0.6 is 0 Å². The van der Waals surface area contributed by atoms with Gasteiger partial charge in [-0.1, -0.05) is 30.3 Å². The third-order valence-corrected chi connectivity index (χ3v) is 4.80. The summed E-state index contributed by atoms with van der Waals surface area (Å²) >= 11 is 0. The van der Waals surface area contributed by atoms with Gasteiger partial charge in [-0.15, -0.1) is 0 Å². The van der Waals surface area contributed by atoms with E-state index in [9.17, 15) is 4.79 Å². The molecule has 0 bridgehead atoms. The van der Waals surface area contributed by atoms with Crippen molar-refractivity contribution in [1.82, 2.24) is 19.5 Å². The van der Waals surface area contributed by atoms with Gasteiger partial charge in [0.05, 0.1) is 25.5 Å². The molecule has 0 aliphatic heterocycles. The first kappa shape index (κ1) is 19.4. The molecule has 0 N–H and O–H groups in total. The highest BCUT2D eigenvalue weighted by Crippen LogP contribution is 2.21. The number of aromatic nitrogens is 3. The molecule has 0 aliphatic carbocycles. The van der Waals surface area contributed by atoms with E-state index >= 15 is 0 Å². The average Bonchev–Trinajstić information content (AvgIpc) is 3.24. The van der Waals surface area contributed by atoms with Crippen LogP contribution < -0.4 is 9.47 Å². The van der Waals surface area contributed by atoms with Gasteiger partial charge in [0.15, 0.2) is 5.65 Å².